The SMILES string of the molecule is C=CN(C)C(C(C)C=CN)C(C)(C)C(C)C. The summed E-state index contributed by atoms with van der Waals surface area (Å²) in [4.78, 5) is 2.20. The van der Waals surface area contributed by atoms with Crippen molar-refractivity contribution in [2.45, 2.75) is 40.7 Å². The van der Waals surface area contributed by atoms with Crippen molar-refractivity contribution < 1.29 is 0 Å². The van der Waals surface area contributed by atoms with Crippen LogP contribution < -0.4 is 5.73 Å². The second-order valence-electron chi connectivity index (χ2n) is 5.51. The monoisotopic (exact) mass is 224 g/mol. The highest BCUT2D eigenvalue weighted by Gasteiger charge is 2.37. The Kier molecular flexibility index (Phi) is 5.63. The first kappa shape index (κ1) is 15.1. The highest BCUT2D eigenvalue weighted by Crippen LogP contribution is 2.37. The van der Waals surface area contributed by atoms with Gasteiger partial charge in [0, 0.05) is 13.1 Å². The molecule has 2 unspecified atom stereocenters. The predicted molar refractivity (Wildman–Crippen MR) is 72.9 cm³/mol. The zero-order valence-corrected chi connectivity index (χ0v) is 11.7. The van der Waals surface area contributed by atoms with Crippen molar-refractivity contribution >= 4 is 0 Å². The molecule has 0 amide bonds. The fraction of sp³-hybridized carbons (Fsp3) is 0.714. The summed E-state index contributed by atoms with van der Waals surface area (Å²) >= 11 is 0. The third-order valence-electron chi connectivity index (χ3n) is 3.89. The first-order valence-corrected chi connectivity index (χ1v) is 6.01. The molecule has 2 nitrogen and oxygen atoms in total. The van der Waals surface area contributed by atoms with Gasteiger partial charge in [0.15, 0.2) is 0 Å². The molecule has 0 aromatic rings. The van der Waals surface area contributed by atoms with E-state index in [0.29, 0.717) is 17.9 Å². The number of nitrogens with two attached hydrogens (primary N) is 1. The lowest BCUT2D eigenvalue weighted by atomic mass is 9.70. The summed E-state index contributed by atoms with van der Waals surface area (Å²) < 4.78 is 0. The Hall–Kier alpha value is -0.920. The van der Waals surface area contributed by atoms with Gasteiger partial charge in [0.05, 0.1) is 0 Å². The Bertz CT molecular complexity index is 241. The van der Waals surface area contributed by atoms with E-state index in [1.54, 1.807) is 6.20 Å². The number of hydrogen-bond donors (Lipinski definition) is 1. The molecule has 0 radical (unpaired) electrons. The molecule has 2 atom stereocenters. The maximum absolute atomic E-state index is 5.50. The summed E-state index contributed by atoms with van der Waals surface area (Å²) in [5, 5.41) is 0. The Labute approximate surface area is 101 Å². The standard InChI is InChI=1S/C14H28N2/c1-8-16(7)13(12(4)9-10-15)14(5,6)11(2)3/h8-13H,1,15H2,2-7H3. The summed E-state index contributed by atoms with van der Waals surface area (Å²) in [5.74, 6) is 1.01. The number of nitrogens with zero attached hydrogens (tertiary/aromatic N) is 1. The van der Waals surface area contributed by atoms with Crippen molar-refractivity contribution in [1.29, 1.82) is 0 Å². The lowest BCUT2D eigenvalue weighted by Crippen LogP contribution is -2.47. The van der Waals surface area contributed by atoms with Gasteiger partial charge in [-0.2, -0.15) is 0 Å². The first-order chi connectivity index (χ1) is 7.28. The molecule has 16 heavy (non-hydrogen) atoms. The predicted octanol–water partition coefficient (Wildman–Crippen LogP) is 3.22. The molecule has 2 heteroatoms. The second-order valence-corrected chi connectivity index (χ2v) is 5.51. The molecule has 0 saturated heterocycles. The van der Waals surface area contributed by atoms with Crippen LogP contribution in [-0.2, 0) is 0 Å². The van der Waals surface area contributed by atoms with Crippen LogP contribution in [0.3, 0.4) is 0 Å². The van der Waals surface area contributed by atoms with E-state index in [1.165, 1.54) is 0 Å². The molecule has 0 fully saturated rings. The van der Waals surface area contributed by atoms with Gasteiger partial charge in [-0.3, -0.25) is 0 Å². The molecule has 94 valence electrons. The molecule has 2 N–H and O–H groups in total. The molecule has 0 bridgehead atoms. The molecule has 0 aliphatic rings. The van der Waals surface area contributed by atoms with E-state index in [2.05, 4.69) is 59.2 Å². The minimum Gasteiger partial charge on any atom is -0.405 e. The summed E-state index contributed by atoms with van der Waals surface area (Å²) in [6.07, 6.45) is 5.61. The van der Waals surface area contributed by atoms with Crippen molar-refractivity contribution in [2.24, 2.45) is 23.0 Å². The van der Waals surface area contributed by atoms with Gasteiger partial charge in [-0.15, -0.1) is 0 Å². The van der Waals surface area contributed by atoms with Crippen LogP contribution in [0.2, 0.25) is 0 Å². The molecular weight excluding hydrogens is 196 g/mol. The molecule has 0 aromatic heterocycles. The van der Waals surface area contributed by atoms with Crippen LogP contribution >= 0.6 is 0 Å². The van der Waals surface area contributed by atoms with E-state index in [-0.39, 0.29) is 5.41 Å². The molecule has 0 spiro atoms. The van der Waals surface area contributed by atoms with Crippen LogP contribution in [0.5, 0.6) is 0 Å². The van der Waals surface area contributed by atoms with Crippen LogP contribution in [0.15, 0.2) is 25.1 Å². The summed E-state index contributed by atoms with van der Waals surface area (Å²) in [6.45, 7) is 15.2. The minimum atomic E-state index is 0.210. The fourth-order valence-electron chi connectivity index (χ4n) is 2.31. The van der Waals surface area contributed by atoms with E-state index >= 15 is 0 Å². The molecular formula is C14H28N2. The van der Waals surface area contributed by atoms with Crippen LogP contribution in [0, 0.1) is 17.3 Å². The topological polar surface area (TPSA) is 29.3 Å². The van der Waals surface area contributed by atoms with Gasteiger partial charge in [-0.25, -0.2) is 0 Å². The Balaban J connectivity index is 5.15. The number of hydrogen-bond acceptors (Lipinski definition) is 2. The van der Waals surface area contributed by atoms with Crippen molar-refractivity contribution in [2.75, 3.05) is 7.05 Å². The van der Waals surface area contributed by atoms with Gasteiger partial charge in [0.2, 0.25) is 0 Å². The van der Waals surface area contributed by atoms with E-state index in [0.717, 1.165) is 0 Å². The fourth-order valence-corrected chi connectivity index (χ4v) is 2.31. The third kappa shape index (κ3) is 3.29. The molecule has 0 heterocycles. The average Bonchev–Trinajstić information content (AvgIpc) is 2.17. The highest BCUT2D eigenvalue weighted by atomic mass is 15.1. The molecule has 0 rings (SSSR count). The highest BCUT2D eigenvalue weighted by molar-refractivity contribution is 5.00. The van der Waals surface area contributed by atoms with Gasteiger partial charge >= 0.3 is 0 Å². The Morgan fingerprint density at radius 3 is 2.06 bits per heavy atom. The van der Waals surface area contributed by atoms with Crippen LogP contribution in [0.1, 0.15) is 34.6 Å². The second kappa shape index (κ2) is 5.97. The van der Waals surface area contributed by atoms with Crippen LogP contribution in [0.25, 0.3) is 0 Å². The van der Waals surface area contributed by atoms with Gasteiger partial charge in [-0.05, 0) is 29.7 Å². The lowest BCUT2D eigenvalue weighted by molar-refractivity contribution is 0.0750. The smallest absolute Gasteiger partial charge is 0.0395 e. The lowest BCUT2D eigenvalue weighted by Gasteiger charge is -2.45. The quantitative estimate of drug-likeness (QED) is 0.750. The minimum absolute atomic E-state index is 0.210. The molecule has 0 saturated carbocycles. The third-order valence-corrected chi connectivity index (χ3v) is 3.89. The van der Waals surface area contributed by atoms with Crippen molar-refractivity contribution in [3.05, 3.63) is 25.1 Å². The van der Waals surface area contributed by atoms with E-state index < -0.39 is 0 Å². The first-order valence-electron chi connectivity index (χ1n) is 6.01. The average molecular weight is 224 g/mol. The van der Waals surface area contributed by atoms with Crippen LogP contribution in [-0.4, -0.2) is 18.0 Å². The molecule has 0 aliphatic carbocycles. The van der Waals surface area contributed by atoms with Crippen molar-refractivity contribution in [3.8, 4) is 0 Å². The van der Waals surface area contributed by atoms with Gasteiger partial charge in [-0.1, -0.05) is 47.3 Å². The normalized spacial score (nSPS) is 16.4. The maximum atomic E-state index is 5.50. The number of rotatable bonds is 6. The maximum Gasteiger partial charge on any atom is 0.0395 e. The van der Waals surface area contributed by atoms with Crippen molar-refractivity contribution in [1.82, 2.24) is 4.90 Å². The van der Waals surface area contributed by atoms with E-state index in [9.17, 15) is 0 Å². The Morgan fingerprint density at radius 1 is 1.25 bits per heavy atom. The largest absolute Gasteiger partial charge is 0.405 e. The molecule has 0 aliphatic heterocycles. The summed E-state index contributed by atoms with van der Waals surface area (Å²) in [5.41, 5.74) is 5.71. The van der Waals surface area contributed by atoms with E-state index in [4.69, 9.17) is 5.73 Å². The summed E-state index contributed by atoms with van der Waals surface area (Å²) in [6, 6.07) is 0.407. The van der Waals surface area contributed by atoms with Gasteiger partial charge in [0.25, 0.3) is 0 Å². The van der Waals surface area contributed by atoms with Crippen molar-refractivity contribution in [3.63, 3.8) is 0 Å². The van der Waals surface area contributed by atoms with Gasteiger partial charge in [0.1, 0.15) is 0 Å². The summed E-state index contributed by atoms with van der Waals surface area (Å²) in [7, 11) is 2.09. The van der Waals surface area contributed by atoms with E-state index in [1.807, 2.05) is 6.20 Å². The Morgan fingerprint density at radius 2 is 1.75 bits per heavy atom. The van der Waals surface area contributed by atoms with Crippen LogP contribution in [0.4, 0.5) is 0 Å². The molecule has 0 aromatic carbocycles. The van der Waals surface area contributed by atoms with Gasteiger partial charge < -0.3 is 10.6 Å². The zero-order valence-electron chi connectivity index (χ0n) is 11.7. The zero-order chi connectivity index (χ0) is 12.9.